The summed E-state index contributed by atoms with van der Waals surface area (Å²) in [7, 11) is 4.43. The van der Waals surface area contributed by atoms with Gasteiger partial charge in [-0.15, -0.1) is 0 Å². The van der Waals surface area contributed by atoms with Crippen molar-refractivity contribution < 1.29 is 14.3 Å². The van der Waals surface area contributed by atoms with Crippen molar-refractivity contribution >= 4 is 39.1 Å². The van der Waals surface area contributed by atoms with Gasteiger partial charge in [0, 0.05) is 21.1 Å². The molecule has 0 fully saturated rings. The lowest BCUT2D eigenvalue weighted by molar-refractivity contribution is -0.139. The van der Waals surface area contributed by atoms with Gasteiger partial charge in [0.15, 0.2) is 15.9 Å². The molecule has 3 aromatic rings. The van der Waals surface area contributed by atoms with Crippen molar-refractivity contribution in [2.75, 3.05) is 13.7 Å². The van der Waals surface area contributed by atoms with Crippen molar-refractivity contribution in [3.63, 3.8) is 0 Å². The second-order valence-electron chi connectivity index (χ2n) is 7.78. The van der Waals surface area contributed by atoms with Crippen LogP contribution < -0.4 is 16.6 Å². The first kappa shape index (κ1) is 23.5. The molecule has 0 saturated carbocycles. The number of carbonyl (C=O) groups excluding carboxylic acids is 2. The Morgan fingerprint density at radius 3 is 2.44 bits per heavy atom. The van der Waals surface area contributed by atoms with E-state index in [9.17, 15) is 19.2 Å². The molecule has 11 nitrogen and oxygen atoms in total. The SMILES string of the molecule is CCOC(=O)C1=C(Cn2c(Br)nc3c2c(=O)n(C)c(=O)n3C)N(C)C(=O)N[C@H]1c1ccccc1. The molecule has 1 aromatic carbocycles. The predicted molar refractivity (Wildman–Crippen MR) is 127 cm³/mol. The van der Waals surface area contributed by atoms with Crippen LogP contribution in [-0.2, 0) is 30.2 Å². The van der Waals surface area contributed by atoms with E-state index in [0.717, 1.165) is 4.57 Å². The third-order valence-electron chi connectivity index (χ3n) is 5.81. The molecule has 3 heterocycles. The Labute approximate surface area is 202 Å². The van der Waals surface area contributed by atoms with Crippen molar-refractivity contribution in [1.82, 2.24) is 28.9 Å². The maximum Gasteiger partial charge on any atom is 0.338 e. The van der Waals surface area contributed by atoms with Gasteiger partial charge in [0.1, 0.15) is 0 Å². The molecular formula is C22H23BrN6O5. The van der Waals surface area contributed by atoms with Crippen LogP contribution in [0.1, 0.15) is 18.5 Å². The molecule has 0 unspecified atom stereocenters. The van der Waals surface area contributed by atoms with E-state index >= 15 is 0 Å². The number of aromatic nitrogens is 4. The van der Waals surface area contributed by atoms with Crippen LogP contribution in [0.15, 0.2) is 55.9 Å². The highest BCUT2D eigenvalue weighted by molar-refractivity contribution is 9.10. The van der Waals surface area contributed by atoms with Gasteiger partial charge in [-0.05, 0) is 28.4 Å². The molecule has 1 atom stereocenters. The van der Waals surface area contributed by atoms with Gasteiger partial charge in [-0.25, -0.2) is 19.4 Å². The topological polar surface area (TPSA) is 120 Å². The fourth-order valence-corrected chi connectivity index (χ4v) is 4.48. The zero-order chi connectivity index (χ0) is 24.7. The van der Waals surface area contributed by atoms with Crippen LogP contribution in [0.25, 0.3) is 11.2 Å². The van der Waals surface area contributed by atoms with Crippen LogP contribution in [0.4, 0.5) is 4.79 Å². The predicted octanol–water partition coefficient (Wildman–Crippen LogP) is 1.41. The molecule has 4 rings (SSSR count). The first-order valence-electron chi connectivity index (χ1n) is 10.5. The lowest BCUT2D eigenvalue weighted by Gasteiger charge is -2.34. The molecule has 0 bridgehead atoms. The van der Waals surface area contributed by atoms with E-state index in [0.29, 0.717) is 11.3 Å². The molecule has 0 spiro atoms. The summed E-state index contributed by atoms with van der Waals surface area (Å²) < 4.78 is 9.39. The third-order valence-corrected chi connectivity index (χ3v) is 6.42. The van der Waals surface area contributed by atoms with Gasteiger partial charge in [0.25, 0.3) is 5.56 Å². The highest BCUT2D eigenvalue weighted by Crippen LogP contribution is 2.32. The lowest BCUT2D eigenvalue weighted by atomic mass is 9.94. The molecule has 1 aliphatic heterocycles. The van der Waals surface area contributed by atoms with Crippen molar-refractivity contribution in [3.05, 3.63) is 72.7 Å². The van der Waals surface area contributed by atoms with Crippen LogP contribution in [0.3, 0.4) is 0 Å². The molecule has 1 aliphatic rings. The first-order chi connectivity index (χ1) is 16.2. The van der Waals surface area contributed by atoms with Crippen LogP contribution >= 0.6 is 15.9 Å². The minimum absolute atomic E-state index is 0.0497. The normalized spacial score (nSPS) is 16.2. The number of nitrogens with zero attached hydrogens (tertiary/aromatic N) is 5. The number of amides is 2. The smallest absolute Gasteiger partial charge is 0.338 e. The van der Waals surface area contributed by atoms with Crippen LogP contribution in [0.2, 0.25) is 0 Å². The minimum atomic E-state index is -0.750. The van der Waals surface area contributed by atoms with Gasteiger partial charge < -0.3 is 14.6 Å². The number of aryl methyl sites for hydroxylation is 1. The summed E-state index contributed by atoms with van der Waals surface area (Å²) in [4.78, 5) is 57.0. The van der Waals surface area contributed by atoms with E-state index in [1.165, 1.54) is 35.2 Å². The number of hydrogen-bond donors (Lipinski definition) is 1. The number of rotatable bonds is 5. The largest absolute Gasteiger partial charge is 0.463 e. The zero-order valence-electron chi connectivity index (χ0n) is 19.0. The standard InChI is InChI=1S/C22H23BrN6O5/c1-5-34-19(31)14-13(26(2)21(32)24-15(14)12-9-7-6-8-10-12)11-29-16-17(25-20(29)23)27(3)22(33)28(4)18(16)30/h6-10,15H,5,11H2,1-4H3,(H,24,32)/t15-/m0/s1. The number of esters is 1. The van der Waals surface area contributed by atoms with Gasteiger partial charge in [-0.1, -0.05) is 30.3 Å². The molecule has 12 heteroatoms. The number of fused-ring (bicyclic) bond motifs is 1. The van der Waals surface area contributed by atoms with Gasteiger partial charge >= 0.3 is 17.7 Å². The Kier molecular flexibility index (Phi) is 6.17. The Balaban J connectivity index is 1.98. The fourth-order valence-electron chi connectivity index (χ4n) is 4.01. The van der Waals surface area contributed by atoms with E-state index < -0.39 is 29.3 Å². The third kappa shape index (κ3) is 3.73. The average Bonchev–Trinajstić information content (AvgIpc) is 3.15. The zero-order valence-corrected chi connectivity index (χ0v) is 20.6. The average molecular weight is 531 g/mol. The molecule has 34 heavy (non-hydrogen) atoms. The number of benzene rings is 1. The second kappa shape index (κ2) is 8.93. The van der Waals surface area contributed by atoms with Crippen molar-refractivity contribution in [2.45, 2.75) is 19.5 Å². The van der Waals surface area contributed by atoms with Gasteiger partial charge in [-0.3, -0.25) is 18.8 Å². The quantitative estimate of drug-likeness (QED) is 0.393. The van der Waals surface area contributed by atoms with E-state index in [-0.39, 0.29) is 34.6 Å². The number of likely N-dealkylation sites (N-methyl/N-ethyl adjacent to an activating group) is 1. The van der Waals surface area contributed by atoms with Crippen molar-refractivity contribution in [3.8, 4) is 0 Å². The summed E-state index contributed by atoms with van der Waals surface area (Å²) in [6, 6.07) is 7.91. The van der Waals surface area contributed by atoms with E-state index in [1.54, 1.807) is 19.1 Å². The van der Waals surface area contributed by atoms with E-state index in [1.807, 2.05) is 18.2 Å². The van der Waals surface area contributed by atoms with Gasteiger partial charge in [-0.2, -0.15) is 0 Å². The summed E-state index contributed by atoms with van der Waals surface area (Å²) in [5.41, 5.74) is 0.565. The number of hydrogen-bond acceptors (Lipinski definition) is 6. The minimum Gasteiger partial charge on any atom is -0.463 e. The number of carbonyl (C=O) groups is 2. The molecule has 2 aromatic heterocycles. The number of nitrogens with one attached hydrogen (secondary N) is 1. The van der Waals surface area contributed by atoms with Crippen molar-refractivity contribution in [1.29, 1.82) is 0 Å². The van der Waals surface area contributed by atoms with E-state index in [4.69, 9.17) is 4.74 Å². The number of ether oxygens (including phenoxy) is 1. The van der Waals surface area contributed by atoms with Crippen LogP contribution in [-0.4, -0.2) is 49.2 Å². The van der Waals surface area contributed by atoms with Crippen LogP contribution in [0.5, 0.6) is 0 Å². The highest BCUT2D eigenvalue weighted by atomic mass is 79.9. The number of imidazole rings is 1. The number of allylic oxidation sites excluding steroid dienone is 1. The summed E-state index contributed by atoms with van der Waals surface area (Å²) >= 11 is 3.37. The summed E-state index contributed by atoms with van der Waals surface area (Å²) in [5.74, 6) is -0.584. The molecular weight excluding hydrogens is 508 g/mol. The second-order valence-corrected chi connectivity index (χ2v) is 8.49. The Morgan fingerprint density at radius 2 is 1.79 bits per heavy atom. The molecule has 2 amide bonds. The van der Waals surface area contributed by atoms with Gasteiger partial charge in [0.2, 0.25) is 0 Å². The summed E-state index contributed by atoms with van der Waals surface area (Å²) in [6.07, 6.45) is 0. The highest BCUT2D eigenvalue weighted by Gasteiger charge is 2.37. The maximum atomic E-state index is 13.1. The molecule has 0 aliphatic carbocycles. The molecule has 178 valence electrons. The number of urea groups is 1. The Bertz CT molecular complexity index is 1450. The van der Waals surface area contributed by atoms with E-state index in [2.05, 4.69) is 26.2 Å². The Hall–Kier alpha value is -3.67. The fraction of sp³-hybridized carbons (Fsp3) is 0.318. The molecule has 0 saturated heterocycles. The Morgan fingerprint density at radius 1 is 1.12 bits per heavy atom. The summed E-state index contributed by atoms with van der Waals surface area (Å²) in [6.45, 7) is 1.80. The lowest BCUT2D eigenvalue weighted by Crippen LogP contribution is -2.47. The summed E-state index contributed by atoms with van der Waals surface area (Å²) in [5, 5.41) is 2.85. The van der Waals surface area contributed by atoms with Crippen molar-refractivity contribution in [2.24, 2.45) is 14.1 Å². The number of halogens is 1. The first-order valence-corrected chi connectivity index (χ1v) is 11.3. The van der Waals surface area contributed by atoms with Gasteiger partial charge in [0.05, 0.1) is 30.5 Å². The monoisotopic (exact) mass is 530 g/mol. The molecule has 1 N–H and O–H groups in total. The maximum absolute atomic E-state index is 13.1. The molecule has 0 radical (unpaired) electrons. The van der Waals surface area contributed by atoms with Crippen LogP contribution in [0, 0.1) is 0 Å².